The van der Waals surface area contributed by atoms with Crippen molar-refractivity contribution in [1.29, 1.82) is 0 Å². The molecule has 4 atom stereocenters. The molecule has 21 heavy (non-hydrogen) atoms. The number of carbonyl (C=O) groups excluding carboxylic acids is 1. The summed E-state index contributed by atoms with van der Waals surface area (Å²) in [6.07, 6.45) is 5.78. The fraction of sp³-hybridized carbons (Fsp3) is 0.611. The molecule has 1 aromatic rings. The predicted molar refractivity (Wildman–Crippen MR) is 83.0 cm³/mol. The van der Waals surface area contributed by atoms with Crippen molar-refractivity contribution in [3.8, 4) is 0 Å². The summed E-state index contributed by atoms with van der Waals surface area (Å²) < 4.78 is 4.72. The minimum atomic E-state index is -0.273. The number of carbonyl (C=O) groups is 1. The number of fused-ring (bicyclic) bond motifs is 2. The molecule has 1 N–H and O–H groups in total. The number of esters is 1. The number of methoxy groups -OCH3 is 1. The lowest BCUT2D eigenvalue weighted by Gasteiger charge is -2.28. The number of hydrogen-bond donors (Lipinski definition) is 1. The maximum atomic E-state index is 11.4. The molecule has 0 aromatic heterocycles. The Bertz CT molecular complexity index is 496. The van der Waals surface area contributed by atoms with Crippen LogP contribution in [0.5, 0.6) is 0 Å². The Morgan fingerprint density at radius 1 is 1.29 bits per heavy atom. The Labute approximate surface area is 127 Å². The Morgan fingerprint density at radius 3 is 2.62 bits per heavy atom. The van der Waals surface area contributed by atoms with Gasteiger partial charge in [-0.15, -0.1) is 0 Å². The van der Waals surface area contributed by atoms with Crippen molar-refractivity contribution in [1.82, 2.24) is 5.32 Å². The highest BCUT2D eigenvalue weighted by Crippen LogP contribution is 2.49. The van der Waals surface area contributed by atoms with E-state index in [0.717, 1.165) is 24.3 Å². The van der Waals surface area contributed by atoms with Crippen LogP contribution in [-0.4, -0.2) is 19.1 Å². The number of benzene rings is 1. The minimum absolute atomic E-state index is 0.273. The van der Waals surface area contributed by atoms with Gasteiger partial charge in [-0.3, -0.25) is 0 Å². The van der Waals surface area contributed by atoms with Gasteiger partial charge in [-0.1, -0.05) is 18.6 Å². The van der Waals surface area contributed by atoms with Gasteiger partial charge in [0.15, 0.2) is 0 Å². The molecule has 3 heteroatoms. The normalized spacial score (nSPS) is 28.6. The third-order valence-corrected chi connectivity index (χ3v) is 5.44. The van der Waals surface area contributed by atoms with Gasteiger partial charge >= 0.3 is 5.97 Å². The van der Waals surface area contributed by atoms with Gasteiger partial charge in [0.25, 0.3) is 0 Å². The van der Waals surface area contributed by atoms with Gasteiger partial charge in [0.1, 0.15) is 0 Å². The van der Waals surface area contributed by atoms with Gasteiger partial charge in [-0.05, 0) is 61.6 Å². The molecule has 114 valence electrons. The molecule has 1 aromatic carbocycles. The highest BCUT2D eigenvalue weighted by Gasteiger charge is 2.41. The van der Waals surface area contributed by atoms with E-state index >= 15 is 0 Å². The van der Waals surface area contributed by atoms with Crippen molar-refractivity contribution in [2.75, 3.05) is 7.11 Å². The Morgan fingerprint density at radius 2 is 2.05 bits per heavy atom. The number of hydrogen-bond acceptors (Lipinski definition) is 3. The number of rotatable bonds is 5. The topological polar surface area (TPSA) is 38.3 Å². The van der Waals surface area contributed by atoms with Gasteiger partial charge in [-0.25, -0.2) is 4.79 Å². The maximum Gasteiger partial charge on any atom is 0.337 e. The van der Waals surface area contributed by atoms with Crippen LogP contribution >= 0.6 is 0 Å². The van der Waals surface area contributed by atoms with Gasteiger partial charge in [0.05, 0.1) is 12.7 Å². The van der Waals surface area contributed by atoms with Gasteiger partial charge in [0.2, 0.25) is 0 Å². The second-order valence-corrected chi connectivity index (χ2v) is 6.70. The van der Waals surface area contributed by atoms with E-state index in [4.69, 9.17) is 4.74 Å². The molecular weight excluding hydrogens is 262 g/mol. The van der Waals surface area contributed by atoms with Crippen molar-refractivity contribution in [2.45, 2.75) is 45.2 Å². The fourth-order valence-corrected chi connectivity index (χ4v) is 4.21. The van der Waals surface area contributed by atoms with E-state index in [0.29, 0.717) is 11.6 Å². The maximum absolute atomic E-state index is 11.4. The van der Waals surface area contributed by atoms with Crippen LogP contribution in [0.15, 0.2) is 24.3 Å². The highest BCUT2D eigenvalue weighted by atomic mass is 16.5. The van der Waals surface area contributed by atoms with E-state index in [9.17, 15) is 4.79 Å². The van der Waals surface area contributed by atoms with E-state index in [1.165, 1.54) is 38.4 Å². The first-order valence-electron chi connectivity index (χ1n) is 8.08. The van der Waals surface area contributed by atoms with E-state index in [1.54, 1.807) is 0 Å². The number of nitrogens with one attached hydrogen (secondary N) is 1. The molecule has 0 heterocycles. The summed E-state index contributed by atoms with van der Waals surface area (Å²) in [6, 6.07) is 8.27. The molecular formula is C18H25NO2. The molecule has 0 amide bonds. The van der Waals surface area contributed by atoms with Crippen LogP contribution in [0.3, 0.4) is 0 Å². The first-order chi connectivity index (χ1) is 10.2. The van der Waals surface area contributed by atoms with E-state index in [1.807, 2.05) is 24.3 Å². The predicted octanol–water partition coefficient (Wildman–Crippen LogP) is 3.39. The van der Waals surface area contributed by atoms with Crippen LogP contribution in [0.25, 0.3) is 0 Å². The first kappa shape index (κ1) is 14.6. The Hall–Kier alpha value is -1.35. The summed E-state index contributed by atoms with van der Waals surface area (Å²) in [6.45, 7) is 3.20. The SMILES string of the molecule is COC(=O)c1ccc(CNC(C)C2CC3CCC2C3)cc1. The molecule has 0 radical (unpaired) electrons. The standard InChI is InChI=1S/C18H25NO2/c1-12(17-10-14-5-8-16(17)9-14)19-11-13-3-6-15(7-4-13)18(20)21-2/h3-4,6-7,12,14,16-17,19H,5,8-11H2,1-2H3. The van der Waals surface area contributed by atoms with Gasteiger partial charge < -0.3 is 10.1 Å². The molecule has 0 aliphatic heterocycles. The second kappa shape index (κ2) is 6.18. The van der Waals surface area contributed by atoms with Crippen molar-refractivity contribution < 1.29 is 9.53 Å². The highest BCUT2D eigenvalue weighted by molar-refractivity contribution is 5.89. The zero-order valence-corrected chi connectivity index (χ0v) is 13.0. The smallest absolute Gasteiger partial charge is 0.337 e. The van der Waals surface area contributed by atoms with Crippen molar-refractivity contribution >= 4 is 5.97 Å². The molecule has 3 nitrogen and oxygen atoms in total. The lowest BCUT2D eigenvalue weighted by molar-refractivity contribution is 0.0600. The third kappa shape index (κ3) is 3.13. The van der Waals surface area contributed by atoms with Gasteiger partial charge in [-0.2, -0.15) is 0 Å². The summed E-state index contributed by atoms with van der Waals surface area (Å²) in [5.41, 5.74) is 1.83. The largest absolute Gasteiger partial charge is 0.465 e. The quantitative estimate of drug-likeness (QED) is 0.844. The summed E-state index contributed by atoms with van der Waals surface area (Å²) >= 11 is 0. The first-order valence-corrected chi connectivity index (χ1v) is 8.08. The molecule has 4 unspecified atom stereocenters. The lowest BCUT2D eigenvalue weighted by atomic mass is 9.84. The van der Waals surface area contributed by atoms with E-state index in [2.05, 4.69) is 12.2 Å². The third-order valence-electron chi connectivity index (χ3n) is 5.44. The van der Waals surface area contributed by atoms with Gasteiger partial charge in [0, 0.05) is 12.6 Å². The van der Waals surface area contributed by atoms with Crippen LogP contribution in [0.1, 0.15) is 48.5 Å². The molecule has 2 aliphatic rings. The monoisotopic (exact) mass is 287 g/mol. The van der Waals surface area contributed by atoms with Crippen molar-refractivity contribution in [3.63, 3.8) is 0 Å². The summed E-state index contributed by atoms with van der Waals surface area (Å²) in [7, 11) is 1.41. The molecule has 0 spiro atoms. The lowest BCUT2D eigenvalue weighted by Crippen LogP contribution is -2.35. The van der Waals surface area contributed by atoms with Crippen LogP contribution in [0.2, 0.25) is 0 Å². The van der Waals surface area contributed by atoms with E-state index in [-0.39, 0.29) is 5.97 Å². The molecule has 3 rings (SSSR count). The molecule has 2 fully saturated rings. The molecule has 2 aliphatic carbocycles. The number of ether oxygens (including phenoxy) is 1. The second-order valence-electron chi connectivity index (χ2n) is 6.70. The average Bonchev–Trinajstić information content (AvgIpc) is 3.15. The van der Waals surface area contributed by atoms with Crippen LogP contribution < -0.4 is 5.32 Å². The molecule has 2 bridgehead atoms. The molecule has 2 saturated carbocycles. The Balaban J connectivity index is 1.51. The Kier molecular flexibility index (Phi) is 4.29. The minimum Gasteiger partial charge on any atom is -0.465 e. The van der Waals surface area contributed by atoms with Crippen molar-refractivity contribution in [3.05, 3.63) is 35.4 Å². The van der Waals surface area contributed by atoms with Crippen LogP contribution in [-0.2, 0) is 11.3 Å². The van der Waals surface area contributed by atoms with Crippen LogP contribution in [0.4, 0.5) is 0 Å². The van der Waals surface area contributed by atoms with Crippen LogP contribution in [0, 0.1) is 17.8 Å². The fourth-order valence-electron chi connectivity index (χ4n) is 4.21. The summed E-state index contributed by atoms with van der Waals surface area (Å²) in [5.74, 6) is 2.55. The zero-order chi connectivity index (χ0) is 14.8. The molecule has 0 saturated heterocycles. The zero-order valence-electron chi connectivity index (χ0n) is 13.0. The van der Waals surface area contributed by atoms with E-state index < -0.39 is 0 Å². The van der Waals surface area contributed by atoms with Crippen molar-refractivity contribution in [2.24, 2.45) is 17.8 Å². The summed E-state index contributed by atoms with van der Waals surface area (Å²) in [5, 5.41) is 3.67. The summed E-state index contributed by atoms with van der Waals surface area (Å²) in [4.78, 5) is 11.4. The average molecular weight is 287 g/mol.